The van der Waals surface area contributed by atoms with Crippen molar-refractivity contribution in [1.82, 2.24) is 21.3 Å². The van der Waals surface area contributed by atoms with Crippen LogP contribution in [-0.2, 0) is 71.7 Å². The number of nitrogens with one attached hydrogen (secondary N) is 4. The second-order valence-electron chi connectivity index (χ2n) is 23.2. The second-order valence-corrected chi connectivity index (χ2v) is 27.3. The number of carbonyl (C=O) groups is 12. The average Bonchev–Trinajstić information content (AvgIpc) is 2.43. The van der Waals surface area contributed by atoms with Crippen molar-refractivity contribution in [3.63, 3.8) is 0 Å². The summed E-state index contributed by atoms with van der Waals surface area (Å²) in [4.78, 5) is 143. The van der Waals surface area contributed by atoms with Gasteiger partial charge in [0.2, 0.25) is 38.2 Å². The van der Waals surface area contributed by atoms with Crippen LogP contribution in [0.2, 0.25) is 0 Å². The Kier molecular flexibility index (Phi) is 47.8. The van der Waals surface area contributed by atoms with Gasteiger partial charge in [-0.25, -0.2) is 19.2 Å². The van der Waals surface area contributed by atoms with Crippen LogP contribution in [0.15, 0.2) is 30.3 Å². The van der Waals surface area contributed by atoms with Crippen LogP contribution in [-0.4, -0.2) is 164 Å². The molecule has 8 atom stereocenters. The minimum atomic E-state index is -0.927. The zero-order valence-electron chi connectivity index (χ0n) is 56.4. The van der Waals surface area contributed by atoms with Crippen LogP contribution in [0.5, 0.6) is 0 Å². The molecule has 520 valence electrons. The quantitative estimate of drug-likeness (QED) is 0.0289. The van der Waals surface area contributed by atoms with Crippen molar-refractivity contribution in [2.24, 2.45) is 46.6 Å². The molecule has 4 amide bonds. The van der Waals surface area contributed by atoms with E-state index in [0.717, 1.165) is 72.7 Å². The fourth-order valence-corrected chi connectivity index (χ4v) is 11.0. The maximum atomic E-state index is 12.4. The number of hydrogen-bond acceptors (Lipinski definition) is 24. The van der Waals surface area contributed by atoms with Gasteiger partial charge < -0.3 is 63.1 Å². The first-order chi connectivity index (χ1) is 42.6. The Morgan fingerprint density at radius 3 is 1.04 bits per heavy atom. The first kappa shape index (κ1) is 88.0. The number of rotatable bonds is 33. The normalized spacial score (nSPS) is 14.8. The highest BCUT2D eigenvalue weighted by Crippen LogP contribution is 2.22. The Labute approximate surface area is 557 Å². The van der Waals surface area contributed by atoms with Gasteiger partial charge in [-0.2, -0.15) is 0 Å². The van der Waals surface area contributed by atoms with Gasteiger partial charge in [-0.1, -0.05) is 155 Å². The first-order valence-corrected chi connectivity index (χ1v) is 35.2. The molecular formula is C63H108N8O16S4. The molecule has 24 nitrogen and oxygen atoms in total. The first-order valence-electron chi connectivity index (χ1n) is 31.3. The summed E-state index contributed by atoms with van der Waals surface area (Å²) >= 11 is 3.82. The molecule has 0 saturated heterocycles. The zero-order valence-corrected chi connectivity index (χ0v) is 59.7. The molecule has 28 heteroatoms. The predicted octanol–water partition coefficient (Wildman–Crippen LogP) is 6.13. The van der Waals surface area contributed by atoms with Crippen LogP contribution in [0, 0.1) is 23.7 Å². The molecular weight excluding hydrogens is 1250 g/mol. The summed E-state index contributed by atoms with van der Waals surface area (Å²) < 4.78 is 20.8. The summed E-state index contributed by atoms with van der Waals surface area (Å²) in [6, 6.07) is 2.79. The number of hydrogen-bond donors (Lipinski definition) is 8. The number of esters is 4. The van der Waals surface area contributed by atoms with Gasteiger partial charge in [0, 0.05) is 47.8 Å². The second kappa shape index (κ2) is 49.5. The van der Waals surface area contributed by atoms with Crippen LogP contribution < -0.4 is 44.2 Å². The maximum Gasteiger partial charge on any atom is 0.329 e. The van der Waals surface area contributed by atoms with Gasteiger partial charge in [-0.3, -0.25) is 38.4 Å². The predicted molar refractivity (Wildman–Crippen MR) is 362 cm³/mol. The zero-order chi connectivity index (χ0) is 70.1. The average molecular weight is 1360 g/mol. The van der Waals surface area contributed by atoms with Gasteiger partial charge in [0.15, 0.2) is 0 Å². The molecule has 1 aliphatic rings. The molecule has 0 radical (unpaired) electrons. The van der Waals surface area contributed by atoms with Gasteiger partial charge in [-0.05, 0) is 95.6 Å². The van der Waals surface area contributed by atoms with Crippen LogP contribution in [0.3, 0.4) is 0 Å². The van der Waals surface area contributed by atoms with Crippen molar-refractivity contribution >= 4 is 115 Å². The monoisotopic (exact) mass is 1360 g/mol. The summed E-state index contributed by atoms with van der Waals surface area (Å²) in [5, 5.41) is 9.65. The van der Waals surface area contributed by atoms with Crippen molar-refractivity contribution in [2.75, 3.05) is 29.6 Å². The third kappa shape index (κ3) is 39.9. The molecule has 1 saturated carbocycles. The van der Waals surface area contributed by atoms with Gasteiger partial charge >= 0.3 is 23.9 Å². The number of carbonyl (C=O) groups excluding carboxylic acids is 12. The lowest BCUT2D eigenvalue weighted by Gasteiger charge is -2.25. The summed E-state index contributed by atoms with van der Waals surface area (Å²) in [5.41, 5.74) is 23.6. The van der Waals surface area contributed by atoms with E-state index in [1.807, 2.05) is 62.3 Å². The van der Waals surface area contributed by atoms with Crippen LogP contribution >= 0.6 is 47.0 Å². The maximum absolute atomic E-state index is 12.4. The van der Waals surface area contributed by atoms with Crippen molar-refractivity contribution in [2.45, 2.75) is 235 Å². The van der Waals surface area contributed by atoms with Crippen molar-refractivity contribution < 1.29 is 76.5 Å². The summed E-state index contributed by atoms with van der Waals surface area (Å²) in [5.74, 6) is -2.67. The van der Waals surface area contributed by atoms with Gasteiger partial charge in [0.25, 0.3) is 5.91 Å². The summed E-state index contributed by atoms with van der Waals surface area (Å²) in [6.45, 7) is 29.0. The number of benzene rings is 1. The highest BCUT2D eigenvalue weighted by atomic mass is 32.2. The van der Waals surface area contributed by atoms with Gasteiger partial charge in [0.1, 0.15) is 30.3 Å². The Morgan fingerprint density at radius 2 is 0.747 bits per heavy atom. The SMILES string of the molecule is CC(C)OC(=O)[C@H](CSC(=O)[C@@H](N)C(C)C)NC(=O)c1ccccc1.CCC(=O)N[C@@H](CSC(=O)[C@@H](N)C(C)C)C(=O)OC(C)C.CCC(=O)N[C@@H](CSC(=O)[C@@H](N)C(C)C)C(=O)OC1CCCCC1.CCCOC(=O)[C@H](CSC(=O)[C@@H](N)C(C)C)NC(=O)CC. The summed E-state index contributed by atoms with van der Waals surface area (Å²) in [6.07, 6.45) is 5.83. The largest absolute Gasteiger partial charge is 0.464 e. The van der Waals surface area contributed by atoms with Crippen molar-refractivity contribution in [3.8, 4) is 0 Å². The third-order valence-corrected chi connectivity index (χ3v) is 17.2. The molecule has 0 heterocycles. The van der Waals surface area contributed by atoms with E-state index >= 15 is 0 Å². The van der Waals surface area contributed by atoms with E-state index in [1.54, 1.807) is 78.8 Å². The molecule has 0 unspecified atom stereocenters. The van der Waals surface area contributed by atoms with E-state index in [2.05, 4.69) is 21.3 Å². The molecule has 1 aromatic rings. The van der Waals surface area contributed by atoms with E-state index in [-0.39, 0.29) is 122 Å². The van der Waals surface area contributed by atoms with Gasteiger partial charge in [-0.15, -0.1) is 0 Å². The Hall–Kier alpha value is -5.10. The van der Waals surface area contributed by atoms with E-state index in [9.17, 15) is 57.5 Å². The Bertz CT molecular complexity index is 2400. The molecule has 0 aromatic heterocycles. The molecule has 0 aliphatic heterocycles. The number of thioether (sulfide) groups is 4. The molecule has 1 aliphatic carbocycles. The Balaban J connectivity index is 0. The van der Waals surface area contributed by atoms with E-state index in [4.69, 9.17) is 41.9 Å². The number of nitrogens with two attached hydrogens (primary N) is 4. The van der Waals surface area contributed by atoms with E-state index in [0.29, 0.717) is 18.6 Å². The number of amides is 4. The number of ether oxygens (including phenoxy) is 4. The minimum absolute atomic E-state index is 0.0000227. The third-order valence-electron chi connectivity index (χ3n) is 13.0. The fraction of sp³-hybridized carbons (Fsp3) is 0.714. The van der Waals surface area contributed by atoms with Crippen LogP contribution in [0.4, 0.5) is 0 Å². The lowest BCUT2D eigenvalue weighted by Crippen LogP contribution is -2.45. The highest BCUT2D eigenvalue weighted by molar-refractivity contribution is 8.14. The molecule has 2 rings (SSSR count). The van der Waals surface area contributed by atoms with Crippen LogP contribution in [0.1, 0.15) is 179 Å². The molecule has 1 aromatic carbocycles. The fourth-order valence-electron chi connectivity index (χ4n) is 6.89. The topological polar surface area (TPSA) is 394 Å². The lowest BCUT2D eigenvalue weighted by atomic mass is 9.98. The van der Waals surface area contributed by atoms with E-state index < -0.39 is 78.1 Å². The lowest BCUT2D eigenvalue weighted by molar-refractivity contribution is -0.153. The molecule has 0 bridgehead atoms. The van der Waals surface area contributed by atoms with Crippen molar-refractivity contribution in [3.05, 3.63) is 35.9 Å². The van der Waals surface area contributed by atoms with Gasteiger partial charge in [0.05, 0.1) is 43.0 Å². The smallest absolute Gasteiger partial charge is 0.329 e. The highest BCUT2D eigenvalue weighted by Gasteiger charge is 2.31. The Morgan fingerprint density at radius 1 is 0.440 bits per heavy atom. The molecule has 0 spiro atoms. The molecule has 12 N–H and O–H groups in total. The van der Waals surface area contributed by atoms with Crippen LogP contribution in [0.25, 0.3) is 0 Å². The molecule has 91 heavy (non-hydrogen) atoms. The van der Waals surface area contributed by atoms with E-state index in [1.165, 1.54) is 6.42 Å². The summed E-state index contributed by atoms with van der Waals surface area (Å²) in [7, 11) is 0. The van der Waals surface area contributed by atoms with Crippen molar-refractivity contribution in [1.29, 1.82) is 0 Å². The minimum Gasteiger partial charge on any atom is -0.464 e. The molecule has 1 fully saturated rings. The standard InChI is InChI=1S/C18H26N2O4S.C17H30N2O4S.2C14H26N2O4S/c1-11(2)15(19)18(23)25-10-14(17(22)24-12(3)4)20-16(21)13-8-6-5-7-9-13;1-4-14(20)19-13(10-24-17(22)15(18)11(2)3)16(21)23-12-8-6-5-7-9-12;1-6-11(17)16-10(13(18)20-9(4)5)7-21-14(19)12(15)8(2)3;1-5-7-20-13(18)10(16-11(17)6-2)8-21-14(19)12(15)9(3)4/h5-9,11-12,14-15H,10,19H2,1-4H3,(H,20,21);11-13,15H,4-10,18H2,1-3H3,(H,19,20);8-10,12H,6-7,15H2,1-5H3,(H,16,17);9-10,12H,5-8,15H2,1-4H3,(H,16,17)/t14-,15-;13-,15-;2*10-,12-/m0000/s1.